The van der Waals surface area contributed by atoms with E-state index < -0.39 is 17.8 Å². The van der Waals surface area contributed by atoms with E-state index in [-0.39, 0.29) is 17.5 Å². The first kappa shape index (κ1) is 14.4. The SMILES string of the molecule is Cc1ncsc1CCC(=O)ON1C(=O)c2ccccc2C1=O. The summed E-state index contributed by atoms with van der Waals surface area (Å²) in [5, 5.41) is 0.534. The lowest BCUT2D eigenvalue weighted by molar-refractivity contribution is -0.168. The van der Waals surface area contributed by atoms with Crippen molar-refractivity contribution in [3.63, 3.8) is 0 Å². The van der Waals surface area contributed by atoms with E-state index in [2.05, 4.69) is 4.98 Å². The normalized spacial score (nSPS) is 13.4. The summed E-state index contributed by atoms with van der Waals surface area (Å²) in [7, 11) is 0. The highest BCUT2D eigenvalue weighted by Gasteiger charge is 2.38. The van der Waals surface area contributed by atoms with Crippen LogP contribution in [0.25, 0.3) is 0 Å². The summed E-state index contributed by atoms with van der Waals surface area (Å²) in [6.07, 6.45) is 0.551. The quantitative estimate of drug-likeness (QED) is 0.808. The third-order valence-electron chi connectivity index (χ3n) is 3.35. The van der Waals surface area contributed by atoms with Gasteiger partial charge in [0.25, 0.3) is 11.8 Å². The van der Waals surface area contributed by atoms with Gasteiger partial charge in [-0.05, 0) is 25.5 Å². The molecular weight excluding hydrogens is 304 g/mol. The van der Waals surface area contributed by atoms with Crippen LogP contribution in [0.15, 0.2) is 29.8 Å². The number of nitrogens with zero attached hydrogens (tertiary/aromatic N) is 2. The van der Waals surface area contributed by atoms with E-state index in [4.69, 9.17) is 4.84 Å². The number of fused-ring (bicyclic) bond motifs is 1. The number of benzene rings is 1. The molecule has 2 heterocycles. The molecule has 0 saturated heterocycles. The summed E-state index contributed by atoms with van der Waals surface area (Å²) < 4.78 is 0. The second-order valence-electron chi connectivity index (χ2n) is 4.77. The van der Waals surface area contributed by atoms with Crippen LogP contribution in [0, 0.1) is 6.92 Å². The first-order chi connectivity index (χ1) is 10.6. The fraction of sp³-hybridized carbons (Fsp3) is 0.200. The number of aryl methyl sites for hydroxylation is 2. The van der Waals surface area contributed by atoms with Crippen LogP contribution in [0.5, 0.6) is 0 Å². The highest BCUT2D eigenvalue weighted by atomic mass is 32.1. The van der Waals surface area contributed by atoms with Crippen molar-refractivity contribution in [2.75, 3.05) is 0 Å². The van der Waals surface area contributed by atoms with Crippen LogP contribution in [-0.4, -0.2) is 27.8 Å². The zero-order valence-corrected chi connectivity index (χ0v) is 12.6. The lowest BCUT2D eigenvalue weighted by Gasteiger charge is -2.12. The summed E-state index contributed by atoms with van der Waals surface area (Å²) in [5.74, 6) is -1.84. The molecule has 22 heavy (non-hydrogen) atoms. The fourth-order valence-electron chi connectivity index (χ4n) is 2.18. The Morgan fingerprint density at radius 2 is 1.86 bits per heavy atom. The highest BCUT2D eigenvalue weighted by molar-refractivity contribution is 7.09. The van der Waals surface area contributed by atoms with Crippen molar-refractivity contribution in [3.8, 4) is 0 Å². The van der Waals surface area contributed by atoms with Crippen molar-refractivity contribution >= 4 is 29.1 Å². The number of hydroxylamine groups is 2. The number of hydrogen-bond donors (Lipinski definition) is 0. The Balaban J connectivity index is 1.64. The van der Waals surface area contributed by atoms with Gasteiger partial charge in [-0.3, -0.25) is 9.59 Å². The van der Waals surface area contributed by atoms with Crippen molar-refractivity contribution in [1.29, 1.82) is 0 Å². The monoisotopic (exact) mass is 316 g/mol. The van der Waals surface area contributed by atoms with Crippen molar-refractivity contribution in [1.82, 2.24) is 10.0 Å². The number of thiazole rings is 1. The van der Waals surface area contributed by atoms with Gasteiger partial charge in [-0.2, -0.15) is 0 Å². The predicted octanol–water partition coefficient (Wildman–Crippen LogP) is 2.14. The lowest BCUT2D eigenvalue weighted by atomic mass is 10.1. The Kier molecular flexibility index (Phi) is 3.72. The van der Waals surface area contributed by atoms with Crippen LogP contribution < -0.4 is 0 Å². The molecule has 1 aliphatic rings. The number of hydrogen-bond acceptors (Lipinski definition) is 6. The van der Waals surface area contributed by atoms with Crippen LogP contribution in [0.3, 0.4) is 0 Å². The van der Waals surface area contributed by atoms with Crippen molar-refractivity contribution < 1.29 is 19.2 Å². The number of rotatable bonds is 4. The van der Waals surface area contributed by atoms with Crippen LogP contribution in [0.2, 0.25) is 0 Å². The van der Waals surface area contributed by atoms with E-state index in [1.807, 2.05) is 6.92 Å². The van der Waals surface area contributed by atoms with E-state index in [1.54, 1.807) is 17.6 Å². The van der Waals surface area contributed by atoms with E-state index >= 15 is 0 Å². The molecule has 2 aromatic rings. The van der Waals surface area contributed by atoms with Gasteiger partial charge in [0.2, 0.25) is 0 Å². The molecule has 3 rings (SSSR count). The summed E-state index contributed by atoms with van der Waals surface area (Å²) >= 11 is 1.46. The number of carbonyl (C=O) groups is 3. The molecule has 0 radical (unpaired) electrons. The largest absolute Gasteiger partial charge is 0.333 e. The van der Waals surface area contributed by atoms with Gasteiger partial charge in [-0.15, -0.1) is 11.3 Å². The summed E-state index contributed by atoms with van der Waals surface area (Å²) in [5.41, 5.74) is 3.08. The molecule has 1 aliphatic heterocycles. The molecule has 0 atom stereocenters. The number of amides is 2. The standard InChI is InChI=1S/C15H12N2O4S/c1-9-12(22-8-16-9)6-7-13(18)21-17-14(19)10-4-2-3-5-11(10)15(17)20/h2-5,8H,6-7H2,1H3. The van der Waals surface area contributed by atoms with Gasteiger partial charge in [0.05, 0.1) is 28.8 Å². The molecule has 1 aromatic heterocycles. The van der Waals surface area contributed by atoms with E-state index in [9.17, 15) is 14.4 Å². The smallest absolute Gasteiger partial charge is 0.330 e. The average molecular weight is 316 g/mol. The van der Waals surface area contributed by atoms with E-state index in [0.717, 1.165) is 10.6 Å². The third kappa shape index (κ3) is 2.50. The lowest BCUT2D eigenvalue weighted by Crippen LogP contribution is -2.32. The van der Waals surface area contributed by atoms with Crippen LogP contribution in [0.1, 0.15) is 37.7 Å². The fourth-order valence-corrected chi connectivity index (χ4v) is 2.96. The van der Waals surface area contributed by atoms with Gasteiger partial charge < -0.3 is 4.84 Å². The number of carbonyl (C=O) groups excluding carboxylic acids is 3. The van der Waals surface area contributed by atoms with Gasteiger partial charge >= 0.3 is 5.97 Å². The second-order valence-corrected chi connectivity index (χ2v) is 5.71. The first-order valence-corrected chi connectivity index (χ1v) is 7.53. The maximum absolute atomic E-state index is 12.0. The Bertz CT molecular complexity index is 733. The molecule has 0 unspecified atom stereocenters. The van der Waals surface area contributed by atoms with Gasteiger partial charge in [0, 0.05) is 4.88 Å². The Labute approximate surface area is 130 Å². The first-order valence-electron chi connectivity index (χ1n) is 6.65. The maximum Gasteiger partial charge on any atom is 0.333 e. The Hall–Kier alpha value is -2.54. The van der Waals surface area contributed by atoms with Crippen molar-refractivity contribution in [2.45, 2.75) is 19.8 Å². The molecule has 0 N–H and O–H groups in total. The summed E-state index contributed by atoms with van der Waals surface area (Å²) in [6, 6.07) is 6.37. The Morgan fingerprint density at radius 1 is 1.23 bits per heavy atom. The average Bonchev–Trinajstić information content (AvgIpc) is 3.03. The van der Waals surface area contributed by atoms with Crippen molar-refractivity contribution in [2.24, 2.45) is 0 Å². The molecule has 6 nitrogen and oxygen atoms in total. The molecule has 112 valence electrons. The molecule has 0 fully saturated rings. The van der Waals surface area contributed by atoms with Crippen LogP contribution >= 0.6 is 11.3 Å². The molecule has 0 saturated carbocycles. The van der Waals surface area contributed by atoms with Gasteiger partial charge in [0.1, 0.15) is 0 Å². The predicted molar refractivity (Wildman–Crippen MR) is 78.2 cm³/mol. The molecule has 1 aromatic carbocycles. The molecule has 2 amide bonds. The Morgan fingerprint density at radius 3 is 2.41 bits per heavy atom. The van der Waals surface area contributed by atoms with Crippen LogP contribution in [-0.2, 0) is 16.1 Å². The highest BCUT2D eigenvalue weighted by Crippen LogP contribution is 2.23. The summed E-state index contributed by atoms with van der Waals surface area (Å²) in [4.78, 5) is 46.0. The number of imide groups is 1. The minimum atomic E-state index is -0.623. The molecule has 0 spiro atoms. The molecule has 0 bridgehead atoms. The van der Waals surface area contributed by atoms with Gasteiger partial charge in [-0.1, -0.05) is 17.2 Å². The second kappa shape index (κ2) is 5.69. The molecular formula is C15H12N2O4S. The zero-order chi connectivity index (χ0) is 15.7. The van der Waals surface area contributed by atoms with Crippen molar-refractivity contribution in [3.05, 3.63) is 51.5 Å². The maximum atomic E-state index is 12.0. The minimum Gasteiger partial charge on any atom is -0.330 e. The van der Waals surface area contributed by atoms with Gasteiger partial charge in [0.15, 0.2) is 0 Å². The van der Waals surface area contributed by atoms with E-state index in [0.29, 0.717) is 11.5 Å². The number of aromatic nitrogens is 1. The third-order valence-corrected chi connectivity index (χ3v) is 4.35. The molecule has 7 heteroatoms. The minimum absolute atomic E-state index is 0.0798. The van der Waals surface area contributed by atoms with Crippen LogP contribution in [0.4, 0.5) is 0 Å². The topological polar surface area (TPSA) is 76.6 Å². The summed E-state index contributed by atoms with van der Waals surface area (Å²) in [6.45, 7) is 1.86. The van der Waals surface area contributed by atoms with E-state index in [1.165, 1.54) is 23.5 Å². The molecule has 0 aliphatic carbocycles. The van der Waals surface area contributed by atoms with Gasteiger partial charge in [-0.25, -0.2) is 9.78 Å². The zero-order valence-electron chi connectivity index (χ0n) is 11.7.